The first-order valence-corrected chi connectivity index (χ1v) is 12.2. The molecule has 6 aromatic carbocycles. The Balaban J connectivity index is 1.75. The second-order valence-corrected chi connectivity index (χ2v) is 10.1. The van der Waals surface area contributed by atoms with Gasteiger partial charge in [0.2, 0.25) is 0 Å². The summed E-state index contributed by atoms with van der Waals surface area (Å²) < 4.78 is 2.25. The fourth-order valence-electron chi connectivity index (χ4n) is 5.72. The highest BCUT2D eigenvalue weighted by Gasteiger charge is 2.21. The van der Waals surface area contributed by atoms with E-state index >= 15 is 0 Å². The van der Waals surface area contributed by atoms with Gasteiger partial charge >= 0.3 is 0 Å². The number of rotatable bonds is 0. The van der Waals surface area contributed by atoms with Crippen molar-refractivity contribution in [1.82, 2.24) is 9.97 Å². The molecule has 150 valence electrons. The standard InChI is InChI=1S/C28H14Br2N2/c29-25-17-12-10-16-22-18(26(30)28-24(16)14-6-2-4-8-20(14)32-28)11-9-15(21(17)22)23-13-5-1-3-7-19(13)31-27(23)25/h1-12,31-32H. The van der Waals surface area contributed by atoms with Crippen molar-refractivity contribution in [3.63, 3.8) is 0 Å². The first kappa shape index (κ1) is 17.5. The van der Waals surface area contributed by atoms with Crippen LogP contribution in [0.25, 0.3) is 75.9 Å². The average Bonchev–Trinajstić information content (AvgIpc) is 3.41. The van der Waals surface area contributed by atoms with E-state index in [2.05, 4.69) is 115 Å². The molecule has 0 saturated heterocycles. The lowest BCUT2D eigenvalue weighted by molar-refractivity contribution is 1.54. The van der Waals surface area contributed by atoms with Gasteiger partial charge in [0.05, 0.1) is 11.0 Å². The lowest BCUT2D eigenvalue weighted by Crippen LogP contribution is -1.89. The molecule has 2 heterocycles. The first-order valence-electron chi connectivity index (χ1n) is 10.6. The van der Waals surface area contributed by atoms with E-state index in [1.807, 2.05) is 0 Å². The Hall–Kier alpha value is -3.08. The Morgan fingerprint density at radius 2 is 0.812 bits per heavy atom. The van der Waals surface area contributed by atoms with Gasteiger partial charge in [-0.15, -0.1) is 0 Å². The number of para-hydroxylation sites is 2. The van der Waals surface area contributed by atoms with Gasteiger partial charge in [-0.2, -0.15) is 0 Å². The number of aromatic nitrogens is 2. The number of fused-ring (bicyclic) bond motifs is 8. The van der Waals surface area contributed by atoms with Crippen molar-refractivity contribution >= 4 is 108 Å². The monoisotopic (exact) mass is 536 g/mol. The third kappa shape index (κ3) is 1.93. The van der Waals surface area contributed by atoms with Crippen LogP contribution in [0.15, 0.2) is 81.7 Å². The minimum absolute atomic E-state index is 1.13. The molecule has 0 atom stereocenters. The van der Waals surface area contributed by atoms with Gasteiger partial charge in [-0.3, -0.25) is 0 Å². The minimum atomic E-state index is 1.13. The van der Waals surface area contributed by atoms with E-state index in [1.54, 1.807) is 0 Å². The Kier molecular flexibility index (Phi) is 3.18. The summed E-state index contributed by atoms with van der Waals surface area (Å²) in [6.45, 7) is 0. The lowest BCUT2D eigenvalue weighted by Gasteiger charge is -2.16. The van der Waals surface area contributed by atoms with Crippen molar-refractivity contribution in [3.8, 4) is 0 Å². The van der Waals surface area contributed by atoms with Crippen LogP contribution in [0.2, 0.25) is 0 Å². The summed E-state index contributed by atoms with van der Waals surface area (Å²) in [6.07, 6.45) is 0. The summed E-state index contributed by atoms with van der Waals surface area (Å²) >= 11 is 7.91. The van der Waals surface area contributed by atoms with Gasteiger partial charge in [0.1, 0.15) is 0 Å². The van der Waals surface area contributed by atoms with E-state index in [1.165, 1.54) is 64.9 Å². The molecule has 2 nitrogen and oxygen atoms in total. The van der Waals surface area contributed by atoms with Crippen LogP contribution >= 0.6 is 31.9 Å². The van der Waals surface area contributed by atoms with E-state index < -0.39 is 0 Å². The van der Waals surface area contributed by atoms with Gasteiger partial charge in [-0.1, -0.05) is 60.7 Å². The molecule has 4 heteroatoms. The van der Waals surface area contributed by atoms with E-state index in [4.69, 9.17) is 0 Å². The van der Waals surface area contributed by atoms with Crippen LogP contribution in [-0.4, -0.2) is 9.97 Å². The quantitative estimate of drug-likeness (QED) is 0.180. The minimum Gasteiger partial charge on any atom is -0.354 e. The predicted octanol–water partition coefficient (Wildman–Crippen LogP) is 9.38. The summed E-state index contributed by atoms with van der Waals surface area (Å²) in [5.74, 6) is 0. The summed E-state index contributed by atoms with van der Waals surface area (Å²) in [6, 6.07) is 26.3. The Bertz CT molecular complexity index is 1910. The maximum atomic E-state index is 3.96. The molecule has 2 aromatic heterocycles. The van der Waals surface area contributed by atoms with Crippen LogP contribution in [0.3, 0.4) is 0 Å². The van der Waals surface area contributed by atoms with Crippen LogP contribution in [0, 0.1) is 0 Å². The molecule has 0 saturated carbocycles. The zero-order valence-corrected chi connectivity index (χ0v) is 19.9. The van der Waals surface area contributed by atoms with Gasteiger partial charge in [0.15, 0.2) is 0 Å². The van der Waals surface area contributed by atoms with E-state index in [0.29, 0.717) is 0 Å². The van der Waals surface area contributed by atoms with Crippen molar-refractivity contribution in [2.45, 2.75) is 0 Å². The van der Waals surface area contributed by atoms with Crippen molar-refractivity contribution in [1.29, 1.82) is 0 Å². The van der Waals surface area contributed by atoms with Crippen molar-refractivity contribution < 1.29 is 0 Å². The summed E-state index contributed by atoms with van der Waals surface area (Å²) in [4.78, 5) is 7.30. The smallest absolute Gasteiger partial charge is 0.0621 e. The Morgan fingerprint density at radius 1 is 0.406 bits per heavy atom. The van der Waals surface area contributed by atoms with E-state index in [0.717, 1.165) is 20.0 Å². The number of benzene rings is 6. The van der Waals surface area contributed by atoms with Gasteiger partial charge in [0.25, 0.3) is 0 Å². The van der Waals surface area contributed by atoms with Gasteiger partial charge in [0, 0.05) is 41.5 Å². The average molecular weight is 538 g/mol. The zero-order valence-electron chi connectivity index (χ0n) is 16.7. The molecule has 0 fully saturated rings. The number of aromatic amines is 2. The summed E-state index contributed by atoms with van der Waals surface area (Å²) in [7, 11) is 0. The van der Waals surface area contributed by atoms with Crippen LogP contribution in [0.5, 0.6) is 0 Å². The number of halogens is 2. The van der Waals surface area contributed by atoms with Gasteiger partial charge in [-0.05, 0) is 76.3 Å². The molecular weight excluding hydrogens is 524 g/mol. The van der Waals surface area contributed by atoms with Crippen LogP contribution < -0.4 is 0 Å². The largest absolute Gasteiger partial charge is 0.354 e. The molecule has 0 aliphatic rings. The summed E-state index contributed by atoms with van der Waals surface area (Å²) in [5.41, 5.74) is 4.65. The molecule has 0 unspecified atom stereocenters. The maximum Gasteiger partial charge on any atom is 0.0621 e. The fraction of sp³-hybridized carbons (Fsp3) is 0. The van der Waals surface area contributed by atoms with Gasteiger partial charge < -0.3 is 9.97 Å². The van der Waals surface area contributed by atoms with Crippen LogP contribution in [0.1, 0.15) is 0 Å². The fourth-order valence-corrected chi connectivity index (χ4v) is 6.98. The third-order valence-electron chi connectivity index (χ3n) is 7.02. The third-order valence-corrected chi connectivity index (χ3v) is 8.67. The van der Waals surface area contributed by atoms with Crippen molar-refractivity contribution in [2.24, 2.45) is 0 Å². The van der Waals surface area contributed by atoms with Crippen LogP contribution in [0.4, 0.5) is 0 Å². The van der Waals surface area contributed by atoms with Crippen molar-refractivity contribution in [2.75, 3.05) is 0 Å². The highest BCUT2D eigenvalue weighted by Crippen LogP contribution is 2.49. The maximum absolute atomic E-state index is 3.96. The molecule has 0 radical (unpaired) electrons. The topological polar surface area (TPSA) is 31.6 Å². The van der Waals surface area contributed by atoms with Crippen molar-refractivity contribution in [3.05, 3.63) is 81.7 Å². The number of nitrogens with one attached hydrogen (secondary N) is 2. The predicted molar refractivity (Wildman–Crippen MR) is 144 cm³/mol. The second-order valence-electron chi connectivity index (χ2n) is 8.54. The highest BCUT2D eigenvalue weighted by atomic mass is 79.9. The molecule has 0 amide bonds. The summed E-state index contributed by atoms with van der Waals surface area (Å²) in [5, 5.41) is 12.8. The number of hydrogen-bond donors (Lipinski definition) is 2. The van der Waals surface area contributed by atoms with Gasteiger partial charge in [-0.25, -0.2) is 0 Å². The Labute approximate surface area is 198 Å². The molecule has 2 N–H and O–H groups in total. The molecule has 0 spiro atoms. The molecular formula is C28H14Br2N2. The second kappa shape index (κ2) is 5.83. The number of hydrogen-bond acceptors (Lipinski definition) is 0. The molecule has 0 aliphatic carbocycles. The molecule has 0 bridgehead atoms. The van der Waals surface area contributed by atoms with E-state index in [-0.39, 0.29) is 0 Å². The zero-order chi connectivity index (χ0) is 21.1. The lowest BCUT2D eigenvalue weighted by atomic mass is 9.90. The van der Waals surface area contributed by atoms with E-state index in [9.17, 15) is 0 Å². The normalized spacial score (nSPS) is 12.7. The SMILES string of the molecule is Brc1c2ccc3c4c([nH]c5ccccc54)c(Br)c4ccc(c5c1[nH]c1ccccc15)c2c43. The molecule has 32 heavy (non-hydrogen) atoms. The first-order chi connectivity index (χ1) is 15.7. The molecule has 8 aromatic rings. The highest BCUT2D eigenvalue weighted by molar-refractivity contribution is 9.11. The molecule has 0 aliphatic heterocycles. The van der Waals surface area contributed by atoms with Crippen LogP contribution in [-0.2, 0) is 0 Å². The molecule has 8 rings (SSSR count). The number of H-pyrrole nitrogens is 2. The Morgan fingerprint density at radius 3 is 1.28 bits per heavy atom.